The Morgan fingerprint density at radius 2 is 2.12 bits per heavy atom. The van der Waals surface area contributed by atoms with Gasteiger partial charge in [0, 0.05) is 19.7 Å². The highest BCUT2D eigenvalue weighted by Gasteiger charge is 2.37. The lowest BCUT2D eigenvalue weighted by atomic mass is 9.90. The number of nitrogens with zero attached hydrogens (tertiary/aromatic N) is 4. The van der Waals surface area contributed by atoms with Crippen LogP contribution in [0.15, 0.2) is 41.7 Å². The van der Waals surface area contributed by atoms with Gasteiger partial charge < -0.3 is 10.8 Å². The van der Waals surface area contributed by atoms with Gasteiger partial charge in [-0.2, -0.15) is 0 Å². The maximum Gasteiger partial charge on any atom is 0.231 e. The molecule has 1 unspecified atom stereocenters. The molecule has 26 heavy (non-hydrogen) atoms. The molecule has 3 heterocycles. The summed E-state index contributed by atoms with van der Waals surface area (Å²) in [5, 5.41) is 9.26. The fraction of sp³-hybridized carbons (Fsp3) is 0.278. The number of guanidine groups is 1. The van der Waals surface area contributed by atoms with Crippen molar-refractivity contribution in [1.82, 2.24) is 14.9 Å². The molecule has 1 atom stereocenters. The first kappa shape index (κ1) is 17.5. The quantitative estimate of drug-likeness (QED) is 0.791. The normalized spacial score (nSPS) is 20.0. The summed E-state index contributed by atoms with van der Waals surface area (Å²) in [5.74, 6) is -0.185. The van der Waals surface area contributed by atoms with Gasteiger partial charge in [0.15, 0.2) is 11.7 Å². The minimum atomic E-state index is -0.872. The molecule has 2 aromatic rings. The summed E-state index contributed by atoms with van der Waals surface area (Å²) < 4.78 is 0. The molecule has 0 bridgehead atoms. The van der Waals surface area contributed by atoms with Crippen LogP contribution in [0.5, 0.6) is 5.75 Å². The van der Waals surface area contributed by atoms with E-state index in [0.717, 1.165) is 5.56 Å². The van der Waals surface area contributed by atoms with Crippen LogP contribution in [0.3, 0.4) is 0 Å². The van der Waals surface area contributed by atoms with E-state index in [0.29, 0.717) is 5.69 Å². The fourth-order valence-corrected chi connectivity index (χ4v) is 2.76. The number of carbonyl (C=O) groups excluding carboxylic acids is 2. The Morgan fingerprint density at radius 3 is 2.77 bits per heavy atom. The third kappa shape index (κ3) is 3.39. The second-order valence-electron chi connectivity index (χ2n) is 6.42. The summed E-state index contributed by atoms with van der Waals surface area (Å²) in [7, 11) is 1.58. The Balaban J connectivity index is 1.85. The average molecular weight is 353 g/mol. The molecule has 3 rings (SSSR count). The van der Waals surface area contributed by atoms with Crippen molar-refractivity contribution in [1.29, 1.82) is 0 Å². The van der Waals surface area contributed by atoms with E-state index < -0.39 is 5.54 Å². The van der Waals surface area contributed by atoms with Gasteiger partial charge in [-0.05, 0) is 36.8 Å². The van der Waals surface area contributed by atoms with Crippen molar-refractivity contribution >= 4 is 17.6 Å². The number of nitrogens with two attached hydrogens (primary N) is 1. The first-order chi connectivity index (χ1) is 12.3. The Kier molecular flexibility index (Phi) is 4.41. The third-order valence-electron chi connectivity index (χ3n) is 4.35. The molecule has 0 aliphatic carbocycles. The van der Waals surface area contributed by atoms with Gasteiger partial charge >= 0.3 is 0 Å². The van der Waals surface area contributed by atoms with Crippen molar-refractivity contribution in [2.24, 2.45) is 10.7 Å². The molecule has 134 valence electrons. The van der Waals surface area contributed by atoms with Crippen molar-refractivity contribution in [2.75, 3.05) is 7.05 Å². The molecule has 2 aromatic heterocycles. The summed E-state index contributed by atoms with van der Waals surface area (Å²) in [4.78, 5) is 38.5. The zero-order valence-corrected chi connectivity index (χ0v) is 14.5. The smallest absolute Gasteiger partial charge is 0.231 e. The standard InChI is InChI=1S/C18H19N5O3/c1-18(9-16(26)23(2)17(19)22-18)15-8-11(5-6-20-15)7-14(25)13-4-3-12(24)10-21-13/h3-6,8,10,24H,7,9H2,1-2H3,(H2,19,22). The van der Waals surface area contributed by atoms with Gasteiger partial charge in [-0.3, -0.25) is 19.5 Å². The first-order valence-electron chi connectivity index (χ1n) is 8.04. The zero-order chi connectivity index (χ0) is 18.9. The monoisotopic (exact) mass is 353 g/mol. The molecule has 0 aromatic carbocycles. The summed E-state index contributed by atoms with van der Waals surface area (Å²) in [5.41, 5.74) is 6.54. The number of hydrogen-bond donors (Lipinski definition) is 2. The minimum absolute atomic E-state index is 0.00283. The number of amides is 1. The Bertz CT molecular complexity index is 894. The molecule has 1 amide bonds. The van der Waals surface area contributed by atoms with Gasteiger partial charge in [-0.15, -0.1) is 0 Å². The largest absolute Gasteiger partial charge is 0.506 e. The molecule has 0 saturated carbocycles. The van der Waals surface area contributed by atoms with E-state index >= 15 is 0 Å². The topological polar surface area (TPSA) is 122 Å². The van der Waals surface area contributed by atoms with E-state index in [2.05, 4.69) is 15.0 Å². The number of aliphatic imine (C=N–C) groups is 1. The van der Waals surface area contributed by atoms with Gasteiger partial charge in [0.1, 0.15) is 17.0 Å². The van der Waals surface area contributed by atoms with E-state index in [1.807, 2.05) is 0 Å². The molecule has 0 saturated heterocycles. The number of pyridine rings is 2. The van der Waals surface area contributed by atoms with Crippen molar-refractivity contribution in [3.05, 3.63) is 53.6 Å². The highest BCUT2D eigenvalue weighted by atomic mass is 16.3. The van der Waals surface area contributed by atoms with Crippen LogP contribution in [0.4, 0.5) is 0 Å². The summed E-state index contributed by atoms with van der Waals surface area (Å²) in [6, 6.07) is 6.38. The number of hydrogen-bond acceptors (Lipinski definition) is 7. The highest BCUT2D eigenvalue weighted by molar-refractivity contribution is 5.98. The van der Waals surface area contributed by atoms with E-state index in [9.17, 15) is 14.7 Å². The van der Waals surface area contributed by atoms with Gasteiger partial charge in [0.2, 0.25) is 5.91 Å². The van der Waals surface area contributed by atoms with Gasteiger partial charge in [0.05, 0.1) is 18.3 Å². The average Bonchev–Trinajstić information content (AvgIpc) is 2.60. The van der Waals surface area contributed by atoms with Crippen molar-refractivity contribution in [3.8, 4) is 5.75 Å². The molecular weight excluding hydrogens is 334 g/mol. The molecule has 3 N–H and O–H groups in total. The number of rotatable bonds is 4. The third-order valence-corrected chi connectivity index (χ3v) is 4.35. The predicted molar refractivity (Wildman–Crippen MR) is 94.5 cm³/mol. The Labute approximate surface area is 150 Å². The maximum atomic E-state index is 12.4. The molecular formula is C18H19N5O3. The number of Topliss-reactive ketones (excluding diaryl/α,β-unsaturated/α-hetero) is 1. The zero-order valence-electron chi connectivity index (χ0n) is 14.5. The predicted octanol–water partition coefficient (Wildman–Crippen LogP) is 1.000. The molecule has 1 aliphatic rings. The van der Waals surface area contributed by atoms with Crippen molar-refractivity contribution in [3.63, 3.8) is 0 Å². The van der Waals surface area contributed by atoms with E-state index in [1.165, 1.54) is 23.2 Å². The lowest BCUT2D eigenvalue weighted by Gasteiger charge is -2.32. The van der Waals surface area contributed by atoms with Crippen LogP contribution >= 0.6 is 0 Å². The minimum Gasteiger partial charge on any atom is -0.506 e. The van der Waals surface area contributed by atoms with Crippen LogP contribution in [-0.2, 0) is 16.8 Å². The lowest BCUT2D eigenvalue weighted by molar-refractivity contribution is -0.128. The van der Waals surface area contributed by atoms with Crippen LogP contribution in [-0.4, -0.2) is 44.7 Å². The van der Waals surface area contributed by atoms with E-state index in [4.69, 9.17) is 5.73 Å². The van der Waals surface area contributed by atoms with Crippen LogP contribution in [0.1, 0.15) is 35.1 Å². The van der Waals surface area contributed by atoms with Crippen molar-refractivity contribution < 1.29 is 14.7 Å². The Hall–Kier alpha value is -3.29. The second kappa shape index (κ2) is 6.55. The summed E-state index contributed by atoms with van der Waals surface area (Å²) in [6.45, 7) is 1.79. The fourth-order valence-electron chi connectivity index (χ4n) is 2.76. The molecule has 0 radical (unpaired) electrons. The molecule has 8 nitrogen and oxygen atoms in total. The molecule has 8 heteroatoms. The van der Waals surface area contributed by atoms with E-state index in [1.54, 1.807) is 32.3 Å². The van der Waals surface area contributed by atoms with Crippen LogP contribution < -0.4 is 5.73 Å². The van der Waals surface area contributed by atoms with Crippen LogP contribution in [0.2, 0.25) is 0 Å². The summed E-state index contributed by atoms with van der Waals surface area (Å²) >= 11 is 0. The highest BCUT2D eigenvalue weighted by Crippen LogP contribution is 2.31. The molecule has 0 spiro atoms. The Morgan fingerprint density at radius 1 is 1.35 bits per heavy atom. The first-order valence-corrected chi connectivity index (χ1v) is 8.04. The van der Waals surface area contributed by atoms with Crippen molar-refractivity contribution in [2.45, 2.75) is 25.3 Å². The SMILES string of the molecule is CN1C(=O)CC(C)(c2cc(CC(=O)c3ccc(O)cn3)ccn2)N=C1N. The second-order valence-corrected chi connectivity index (χ2v) is 6.42. The number of carbonyl (C=O) groups is 2. The van der Waals surface area contributed by atoms with Gasteiger partial charge in [-0.25, -0.2) is 9.98 Å². The molecule has 1 aliphatic heterocycles. The van der Waals surface area contributed by atoms with Crippen LogP contribution in [0.25, 0.3) is 0 Å². The number of ketones is 1. The lowest BCUT2D eigenvalue weighted by Crippen LogP contribution is -2.47. The maximum absolute atomic E-state index is 12.4. The van der Waals surface area contributed by atoms with E-state index in [-0.39, 0.29) is 41.9 Å². The van der Waals surface area contributed by atoms with Crippen LogP contribution in [0, 0.1) is 0 Å². The van der Waals surface area contributed by atoms with Gasteiger partial charge in [-0.1, -0.05) is 0 Å². The number of aromatic nitrogens is 2. The summed E-state index contributed by atoms with van der Waals surface area (Å²) in [6.07, 6.45) is 3.08. The van der Waals surface area contributed by atoms with Gasteiger partial charge in [0.25, 0.3) is 0 Å². The molecule has 0 fully saturated rings. The number of aromatic hydroxyl groups is 1.